The van der Waals surface area contributed by atoms with Gasteiger partial charge in [0, 0.05) is 18.8 Å². The topological polar surface area (TPSA) is 80.0 Å². The summed E-state index contributed by atoms with van der Waals surface area (Å²) in [4.78, 5) is 16.7. The molecule has 4 rings (SSSR count). The summed E-state index contributed by atoms with van der Waals surface area (Å²) in [7, 11) is 0. The Balaban J connectivity index is 1.60. The van der Waals surface area contributed by atoms with Gasteiger partial charge in [0.2, 0.25) is 0 Å². The number of rotatable bonds is 3. The summed E-state index contributed by atoms with van der Waals surface area (Å²) in [5, 5.41) is 17.6. The number of benzene rings is 1. The second-order valence-electron chi connectivity index (χ2n) is 6.18. The lowest BCUT2D eigenvalue weighted by Crippen LogP contribution is -2.34. The van der Waals surface area contributed by atoms with Gasteiger partial charge in [-0.15, -0.1) is 0 Å². The lowest BCUT2D eigenvalue weighted by atomic mass is 10.1. The molecular weight excluding hydrogens is 316 g/mol. The minimum Gasteiger partial charge on any atom is -0.390 e. The number of pyridine rings is 1. The fraction of sp³-hybridized carbons (Fsp3) is 0.211. The SMILES string of the molecule is Cc1c(C(=O)N[C@@H]2c3ccccc3C[C@@H]2O)cnn1-c1ccncc1. The third-order valence-electron chi connectivity index (χ3n) is 4.65. The molecule has 1 amide bonds. The van der Waals surface area contributed by atoms with Crippen molar-refractivity contribution in [2.24, 2.45) is 0 Å². The van der Waals surface area contributed by atoms with Gasteiger partial charge < -0.3 is 10.4 Å². The van der Waals surface area contributed by atoms with Crippen LogP contribution in [0.15, 0.2) is 55.0 Å². The fourth-order valence-electron chi connectivity index (χ4n) is 3.34. The van der Waals surface area contributed by atoms with Gasteiger partial charge in [-0.2, -0.15) is 5.10 Å². The molecule has 2 N–H and O–H groups in total. The number of amides is 1. The van der Waals surface area contributed by atoms with E-state index in [9.17, 15) is 9.90 Å². The minimum atomic E-state index is -0.614. The molecule has 1 aliphatic carbocycles. The first-order valence-corrected chi connectivity index (χ1v) is 8.17. The van der Waals surface area contributed by atoms with Gasteiger partial charge in [-0.3, -0.25) is 9.78 Å². The number of aliphatic hydroxyl groups is 1. The first-order valence-electron chi connectivity index (χ1n) is 8.17. The number of hydrogen-bond donors (Lipinski definition) is 2. The van der Waals surface area contributed by atoms with Crippen molar-refractivity contribution in [3.05, 3.63) is 77.4 Å². The van der Waals surface area contributed by atoms with E-state index in [0.717, 1.165) is 22.5 Å². The molecule has 1 aromatic carbocycles. The van der Waals surface area contributed by atoms with Crippen LogP contribution in [0.3, 0.4) is 0 Å². The Morgan fingerprint density at radius 3 is 2.80 bits per heavy atom. The molecule has 126 valence electrons. The molecule has 25 heavy (non-hydrogen) atoms. The molecule has 0 saturated heterocycles. The van der Waals surface area contributed by atoms with Crippen molar-refractivity contribution >= 4 is 5.91 Å². The molecule has 0 radical (unpaired) electrons. The molecule has 0 unspecified atom stereocenters. The van der Waals surface area contributed by atoms with Gasteiger partial charge >= 0.3 is 0 Å². The van der Waals surface area contributed by atoms with E-state index >= 15 is 0 Å². The standard InChI is InChI=1S/C19H18N4O2/c1-12-16(11-21-23(12)14-6-8-20-9-7-14)19(25)22-18-15-5-3-2-4-13(15)10-17(18)24/h2-9,11,17-18,24H,10H2,1H3,(H,22,25)/t17-,18+/m0/s1. The fourth-order valence-corrected chi connectivity index (χ4v) is 3.34. The minimum absolute atomic E-state index is 0.237. The van der Waals surface area contributed by atoms with Crippen molar-refractivity contribution in [3.63, 3.8) is 0 Å². The first kappa shape index (κ1) is 15.5. The number of carbonyl (C=O) groups excluding carboxylic acids is 1. The lowest BCUT2D eigenvalue weighted by Gasteiger charge is -2.17. The van der Waals surface area contributed by atoms with E-state index < -0.39 is 12.1 Å². The largest absolute Gasteiger partial charge is 0.390 e. The Bertz CT molecular complexity index is 920. The van der Waals surface area contributed by atoms with E-state index in [1.54, 1.807) is 23.3 Å². The number of fused-ring (bicyclic) bond motifs is 1. The molecular formula is C19H18N4O2. The lowest BCUT2D eigenvalue weighted by molar-refractivity contribution is 0.0857. The summed E-state index contributed by atoms with van der Waals surface area (Å²) in [6, 6.07) is 11.1. The van der Waals surface area contributed by atoms with Crippen LogP contribution in [0.1, 0.15) is 33.2 Å². The summed E-state index contributed by atoms with van der Waals surface area (Å²) in [6.45, 7) is 1.85. The molecule has 2 atom stereocenters. The quantitative estimate of drug-likeness (QED) is 0.767. The monoisotopic (exact) mass is 334 g/mol. The number of nitrogens with one attached hydrogen (secondary N) is 1. The highest BCUT2D eigenvalue weighted by atomic mass is 16.3. The van der Waals surface area contributed by atoms with Crippen LogP contribution < -0.4 is 5.32 Å². The van der Waals surface area contributed by atoms with E-state index in [1.165, 1.54) is 0 Å². The molecule has 2 aromatic heterocycles. The zero-order valence-corrected chi connectivity index (χ0v) is 13.8. The van der Waals surface area contributed by atoms with E-state index in [2.05, 4.69) is 15.4 Å². The Kier molecular flexibility index (Phi) is 3.82. The maximum absolute atomic E-state index is 12.7. The summed E-state index contributed by atoms with van der Waals surface area (Å²) < 4.78 is 1.70. The van der Waals surface area contributed by atoms with Gasteiger partial charge in [0.1, 0.15) is 0 Å². The van der Waals surface area contributed by atoms with Crippen LogP contribution in [0.25, 0.3) is 5.69 Å². The van der Waals surface area contributed by atoms with Crippen LogP contribution in [0.4, 0.5) is 0 Å². The van der Waals surface area contributed by atoms with Crippen molar-refractivity contribution in [2.75, 3.05) is 0 Å². The van der Waals surface area contributed by atoms with Gasteiger partial charge in [0.25, 0.3) is 5.91 Å². The molecule has 1 aliphatic rings. The van der Waals surface area contributed by atoms with Crippen LogP contribution in [0.2, 0.25) is 0 Å². The average molecular weight is 334 g/mol. The number of nitrogens with zero attached hydrogens (tertiary/aromatic N) is 3. The van der Waals surface area contributed by atoms with Crippen molar-refractivity contribution in [1.29, 1.82) is 0 Å². The van der Waals surface area contributed by atoms with Crippen molar-refractivity contribution in [1.82, 2.24) is 20.1 Å². The Morgan fingerprint density at radius 1 is 1.24 bits per heavy atom. The van der Waals surface area contributed by atoms with Crippen molar-refractivity contribution in [3.8, 4) is 5.69 Å². The van der Waals surface area contributed by atoms with E-state index in [1.807, 2.05) is 43.3 Å². The average Bonchev–Trinajstić information content (AvgIpc) is 3.16. The van der Waals surface area contributed by atoms with E-state index in [4.69, 9.17) is 0 Å². The highest BCUT2D eigenvalue weighted by Gasteiger charge is 2.32. The number of aliphatic hydroxyl groups excluding tert-OH is 1. The zero-order chi connectivity index (χ0) is 17.4. The zero-order valence-electron chi connectivity index (χ0n) is 13.8. The maximum Gasteiger partial charge on any atom is 0.255 e. The highest BCUT2D eigenvalue weighted by molar-refractivity contribution is 5.95. The smallest absolute Gasteiger partial charge is 0.255 e. The Labute approximate surface area is 145 Å². The van der Waals surface area contributed by atoms with Gasteiger partial charge in [-0.05, 0) is 30.2 Å². The van der Waals surface area contributed by atoms with Gasteiger partial charge in [0.05, 0.1) is 35.3 Å². The van der Waals surface area contributed by atoms with Crippen LogP contribution in [0.5, 0.6) is 0 Å². The van der Waals surface area contributed by atoms with Crippen LogP contribution in [0, 0.1) is 6.92 Å². The third-order valence-corrected chi connectivity index (χ3v) is 4.65. The summed E-state index contributed by atoms with van der Waals surface area (Å²) >= 11 is 0. The van der Waals surface area contributed by atoms with E-state index in [-0.39, 0.29) is 5.91 Å². The predicted molar refractivity (Wildman–Crippen MR) is 92.5 cm³/mol. The van der Waals surface area contributed by atoms with Crippen molar-refractivity contribution in [2.45, 2.75) is 25.5 Å². The van der Waals surface area contributed by atoms with Gasteiger partial charge in [-0.1, -0.05) is 24.3 Å². The van der Waals surface area contributed by atoms with Crippen LogP contribution in [-0.4, -0.2) is 31.9 Å². The Hall–Kier alpha value is -2.99. The first-order chi connectivity index (χ1) is 12.1. The molecule has 0 aliphatic heterocycles. The van der Waals surface area contributed by atoms with Crippen LogP contribution >= 0.6 is 0 Å². The molecule has 0 saturated carbocycles. The number of carbonyl (C=O) groups is 1. The molecule has 6 nitrogen and oxygen atoms in total. The van der Waals surface area contributed by atoms with Crippen molar-refractivity contribution < 1.29 is 9.90 Å². The molecule has 3 aromatic rings. The molecule has 2 heterocycles. The summed E-state index contributed by atoms with van der Waals surface area (Å²) in [5.74, 6) is -0.237. The summed E-state index contributed by atoms with van der Waals surface area (Å²) in [5.41, 5.74) is 4.13. The maximum atomic E-state index is 12.7. The second kappa shape index (κ2) is 6.14. The van der Waals surface area contributed by atoms with Gasteiger partial charge in [0.15, 0.2) is 0 Å². The third kappa shape index (κ3) is 2.70. The molecule has 0 fully saturated rings. The van der Waals surface area contributed by atoms with Crippen LogP contribution in [-0.2, 0) is 6.42 Å². The molecule has 6 heteroatoms. The predicted octanol–water partition coefficient (Wildman–Crippen LogP) is 1.96. The number of hydrogen-bond acceptors (Lipinski definition) is 4. The molecule has 0 bridgehead atoms. The second-order valence-corrected chi connectivity index (χ2v) is 6.18. The summed E-state index contributed by atoms with van der Waals surface area (Å²) in [6.07, 6.45) is 4.86. The number of aromatic nitrogens is 3. The van der Waals surface area contributed by atoms with E-state index in [0.29, 0.717) is 12.0 Å². The van der Waals surface area contributed by atoms with Gasteiger partial charge in [-0.25, -0.2) is 4.68 Å². The Morgan fingerprint density at radius 2 is 2.00 bits per heavy atom. The highest BCUT2D eigenvalue weighted by Crippen LogP contribution is 2.31. The molecule has 0 spiro atoms. The normalized spacial score (nSPS) is 18.8.